The number of aromatic hydroxyl groups is 1. The first-order valence-electron chi connectivity index (χ1n) is 7.36. The van der Waals surface area contributed by atoms with Crippen LogP contribution in [-0.2, 0) is 15.0 Å². The highest BCUT2D eigenvalue weighted by molar-refractivity contribution is 6.28. The average molecular weight is 307 g/mol. The third-order valence-electron chi connectivity index (χ3n) is 4.22. The number of benzene rings is 2. The summed E-state index contributed by atoms with van der Waals surface area (Å²) < 4.78 is 0. The molecule has 1 N–H and O–H groups in total. The highest BCUT2D eigenvalue weighted by Gasteiger charge is 2.32. The number of carbonyl (C=O) groups excluding carboxylic acids is 2. The first-order chi connectivity index (χ1) is 10.9. The number of carbonyl (C=O) groups is 2. The largest absolute Gasteiger partial charge is 0.508 e. The summed E-state index contributed by atoms with van der Waals surface area (Å²) in [6.45, 7) is 4.05. The van der Waals surface area contributed by atoms with Crippen molar-refractivity contribution in [1.29, 1.82) is 0 Å². The number of hydrogen-bond acceptors (Lipinski definition) is 3. The molecule has 0 saturated heterocycles. The summed E-state index contributed by atoms with van der Waals surface area (Å²) in [4.78, 5) is 25.3. The molecule has 4 nitrogen and oxygen atoms in total. The van der Waals surface area contributed by atoms with E-state index in [1.54, 1.807) is 18.2 Å². The molecule has 2 amide bonds. The summed E-state index contributed by atoms with van der Waals surface area (Å²) in [6, 6.07) is 14.3. The van der Waals surface area contributed by atoms with Gasteiger partial charge in [0.05, 0.1) is 5.69 Å². The van der Waals surface area contributed by atoms with Crippen LogP contribution in [0.1, 0.15) is 25.0 Å². The van der Waals surface area contributed by atoms with Gasteiger partial charge < -0.3 is 5.11 Å². The zero-order valence-electron chi connectivity index (χ0n) is 13.0. The molecular formula is C19H17NO3. The van der Waals surface area contributed by atoms with Crippen molar-refractivity contribution in [3.63, 3.8) is 0 Å². The number of amides is 2. The fourth-order valence-corrected chi connectivity index (χ4v) is 2.87. The van der Waals surface area contributed by atoms with Crippen LogP contribution in [0, 0.1) is 0 Å². The summed E-state index contributed by atoms with van der Waals surface area (Å²) in [7, 11) is 0. The fraction of sp³-hybridized carbons (Fsp3) is 0.158. The standard InChI is InChI=1S/C19H17NO3/c1-19(2,13-7-9-14(21)10-8-13)15-5-3-4-6-16(15)20-17(22)11-12-18(20)23/h3-12,21H,1-2H3. The second kappa shape index (κ2) is 5.39. The van der Waals surface area contributed by atoms with Gasteiger partial charge in [0.15, 0.2) is 0 Å². The van der Waals surface area contributed by atoms with Gasteiger partial charge in [-0.25, -0.2) is 4.90 Å². The van der Waals surface area contributed by atoms with E-state index >= 15 is 0 Å². The zero-order chi connectivity index (χ0) is 16.6. The molecule has 1 aliphatic rings. The van der Waals surface area contributed by atoms with Crippen molar-refractivity contribution in [2.24, 2.45) is 0 Å². The highest BCUT2D eigenvalue weighted by atomic mass is 16.3. The van der Waals surface area contributed by atoms with Crippen LogP contribution < -0.4 is 4.90 Å². The Balaban J connectivity index is 2.11. The second-order valence-electron chi connectivity index (χ2n) is 6.03. The van der Waals surface area contributed by atoms with Crippen LogP contribution in [0.3, 0.4) is 0 Å². The van der Waals surface area contributed by atoms with Crippen molar-refractivity contribution in [2.45, 2.75) is 19.3 Å². The van der Waals surface area contributed by atoms with Gasteiger partial charge in [-0.3, -0.25) is 9.59 Å². The maximum Gasteiger partial charge on any atom is 0.258 e. The van der Waals surface area contributed by atoms with Gasteiger partial charge in [-0.1, -0.05) is 44.2 Å². The molecule has 0 spiro atoms. The molecule has 0 aliphatic carbocycles. The minimum absolute atomic E-state index is 0.201. The van der Waals surface area contributed by atoms with E-state index < -0.39 is 5.41 Å². The Kier molecular flexibility index (Phi) is 3.52. The van der Waals surface area contributed by atoms with Crippen molar-refractivity contribution in [1.82, 2.24) is 0 Å². The number of para-hydroxylation sites is 1. The van der Waals surface area contributed by atoms with E-state index in [4.69, 9.17) is 0 Å². The van der Waals surface area contributed by atoms with Crippen molar-refractivity contribution in [3.05, 3.63) is 71.8 Å². The van der Waals surface area contributed by atoms with E-state index in [-0.39, 0.29) is 17.6 Å². The molecule has 0 bridgehead atoms. The molecule has 0 radical (unpaired) electrons. The molecule has 1 heterocycles. The second-order valence-corrected chi connectivity index (χ2v) is 6.03. The van der Waals surface area contributed by atoms with Gasteiger partial charge in [0, 0.05) is 17.6 Å². The SMILES string of the molecule is CC(C)(c1ccc(O)cc1)c1ccccc1N1C(=O)C=CC1=O. The van der Waals surface area contributed by atoms with Gasteiger partial charge >= 0.3 is 0 Å². The topological polar surface area (TPSA) is 57.6 Å². The van der Waals surface area contributed by atoms with Crippen LogP contribution >= 0.6 is 0 Å². The summed E-state index contributed by atoms with van der Waals surface area (Å²) in [5.74, 6) is -0.458. The quantitative estimate of drug-likeness (QED) is 0.886. The van der Waals surface area contributed by atoms with Gasteiger partial charge in [0.1, 0.15) is 5.75 Å². The molecule has 116 valence electrons. The van der Waals surface area contributed by atoms with Crippen LogP contribution in [0.15, 0.2) is 60.7 Å². The van der Waals surface area contributed by atoms with Crippen LogP contribution in [-0.4, -0.2) is 16.9 Å². The fourth-order valence-electron chi connectivity index (χ4n) is 2.87. The Morgan fingerprint density at radius 2 is 1.43 bits per heavy atom. The van der Waals surface area contributed by atoms with Crippen molar-refractivity contribution in [2.75, 3.05) is 4.90 Å². The number of nitrogens with zero attached hydrogens (tertiary/aromatic N) is 1. The van der Waals surface area contributed by atoms with Crippen molar-refractivity contribution in [3.8, 4) is 5.75 Å². The number of phenolic OH excluding ortho intramolecular Hbond substituents is 1. The summed E-state index contributed by atoms with van der Waals surface area (Å²) in [6.07, 6.45) is 2.57. The van der Waals surface area contributed by atoms with E-state index in [1.807, 2.05) is 44.2 Å². The van der Waals surface area contributed by atoms with Gasteiger partial charge in [-0.05, 0) is 29.3 Å². The molecule has 1 aliphatic heterocycles. The molecule has 0 fully saturated rings. The summed E-state index contributed by atoms with van der Waals surface area (Å²) in [5.41, 5.74) is 2.00. The molecule has 2 aromatic rings. The summed E-state index contributed by atoms with van der Waals surface area (Å²) >= 11 is 0. The van der Waals surface area contributed by atoms with E-state index in [1.165, 1.54) is 17.1 Å². The average Bonchev–Trinajstić information content (AvgIpc) is 2.86. The van der Waals surface area contributed by atoms with E-state index in [9.17, 15) is 14.7 Å². The Labute approximate surface area is 134 Å². The summed E-state index contributed by atoms with van der Waals surface area (Å²) in [5, 5.41) is 9.48. The normalized spacial score (nSPS) is 14.6. The molecule has 3 rings (SSSR count). The van der Waals surface area contributed by atoms with Gasteiger partial charge in [0.25, 0.3) is 11.8 Å². The zero-order valence-corrected chi connectivity index (χ0v) is 13.0. The first-order valence-corrected chi connectivity index (χ1v) is 7.36. The number of imide groups is 1. The lowest BCUT2D eigenvalue weighted by molar-refractivity contribution is -0.120. The molecular weight excluding hydrogens is 290 g/mol. The van der Waals surface area contributed by atoms with Gasteiger partial charge in [-0.2, -0.15) is 0 Å². The molecule has 0 aromatic heterocycles. The van der Waals surface area contributed by atoms with E-state index in [0.717, 1.165) is 11.1 Å². The van der Waals surface area contributed by atoms with Crippen LogP contribution in [0.25, 0.3) is 0 Å². The monoisotopic (exact) mass is 307 g/mol. The minimum atomic E-state index is -0.437. The van der Waals surface area contributed by atoms with Crippen LogP contribution in [0.2, 0.25) is 0 Å². The van der Waals surface area contributed by atoms with Crippen LogP contribution in [0.5, 0.6) is 5.75 Å². The maximum absolute atomic E-state index is 12.0. The Morgan fingerprint density at radius 3 is 2.04 bits per heavy atom. The van der Waals surface area contributed by atoms with Crippen molar-refractivity contribution >= 4 is 17.5 Å². The Hall–Kier alpha value is -2.88. The molecule has 0 unspecified atom stereocenters. The smallest absolute Gasteiger partial charge is 0.258 e. The van der Waals surface area contributed by atoms with Crippen LogP contribution in [0.4, 0.5) is 5.69 Å². The predicted molar refractivity (Wildman–Crippen MR) is 88.3 cm³/mol. The first kappa shape index (κ1) is 15.0. The maximum atomic E-state index is 12.0. The molecule has 2 aromatic carbocycles. The molecule has 4 heteroatoms. The predicted octanol–water partition coefficient (Wildman–Crippen LogP) is 3.15. The molecule has 0 saturated carbocycles. The minimum Gasteiger partial charge on any atom is -0.508 e. The number of rotatable bonds is 3. The highest BCUT2D eigenvalue weighted by Crippen LogP contribution is 2.38. The lowest BCUT2D eigenvalue weighted by Gasteiger charge is -2.30. The van der Waals surface area contributed by atoms with E-state index in [2.05, 4.69) is 0 Å². The number of hydrogen-bond donors (Lipinski definition) is 1. The third-order valence-corrected chi connectivity index (χ3v) is 4.22. The molecule has 0 atom stereocenters. The number of phenols is 1. The Bertz CT molecular complexity index is 786. The molecule has 23 heavy (non-hydrogen) atoms. The van der Waals surface area contributed by atoms with Crippen molar-refractivity contribution < 1.29 is 14.7 Å². The number of anilines is 1. The lowest BCUT2D eigenvalue weighted by Crippen LogP contribution is -2.33. The Morgan fingerprint density at radius 1 is 0.870 bits per heavy atom. The third kappa shape index (κ3) is 2.52. The lowest BCUT2D eigenvalue weighted by atomic mass is 9.77. The van der Waals surface area contributed by atoms with E-state index in [0.29, 0.717) is 5.69 Å². The van der Waals surface area contributed by atoms with Gasteiger partial charge in [0.2, 0.25) is 0 Å². The van der Waals surface area contributed by atoms with Gasteiger partial charge in [-0.15, -0.1) is 0 Å².